The van der Waals surface area contributed by atoms with Gasteiger partial charge in [0, 0.05) is 24.8 Å². The maximum Gasteiger partial charge on any atom is 0.491 e. The van der Waals surface area contributed by atoms with E-state index in [0.717, 1.165) is 24.0 Å². The molecule has 6 nitrogen and oxygen atoms in total. The van der Waals surface area contributed by atoms with Crippen molar-refractivity contribution in [3.8, 4) is 0 Å². The molecular formula is C26H24B2F2N2O4. The van der Waals surface area contributed by atoms with E-state index in [9.17, 15) is 8.78 Å². The maximum atomic E-state index is 12.6. The summed E-state index contributed by atoms with van der Waals surface area (Å²) in [6.45, 7) is 0.600. The molecule has 0 unspecified atom stereocenters. The molecule has 2 aromatic carbocycles. The molecule has 0 amide bonds. The van der Waals surface area contributed by atoms with Gasteiger partial charge in [-0.25, -0.2) is 8.78 Å². The highest BCUT2D eigenvalue weighted by molar-refractivity contribution is 6.61. The predicted octanol–water partition coefficient (Wildman–Crippen LogP) is 2.35. The molecule has 10 heteroatoms. The lowest BCUT2D eigenvalue weighted by Crippen LogP contribution is -2.27. The van der Waals surface area contributed by atoms with Crippen molar-refractivity contribution in [2.45, 2.75) is 26.1 Å². The molecule has 4 aromatic rings. The summed E-state index contributed by atoms with van der Waals surface area (Å²) in [5, 5.41) is 18.3. The summed E-state index contributed by atoms with van der Waals surface area (Å²) in [5.41, 5.74) is 5.47. The van der Waals surface area contributed by atoms with E-state index >= 15 is 0 Å². The maximum absolute atomic E-state index is 12.6. The molecule has 0 atom stereocenters. The number of hydrogen-bond acceptors (Lipinski definition) is 6. The lowest BCUT2D eigenvalue weighted by atomic mass is 9.80. The molecule has 0 radical (unpaired) electrons. The van der Waals surface area contributed by atoms with Crippen LogP contribution < -0.4 is 10.9 Å². The normalized spacial score (nSPS) is 13.2. The van der Waals surface area contributed by atoms with E-state index in [1.807, 2.05) is 24.8 Å². The van der Waals surface area contributed by atoms with Crippen molar-refractivity contribution in [1.29, 1.82) is 0 Å². The van der Waals surface area contributed by atoms with Crippen LogP contribution >= 0.6 is 0 Å². The van der Waals surface area contributed by atoms with Crippen molar-refractivity contribution < 1.29 is 28.1 Å². The molecule has 0 spiro atoms. The fraction of sp³-hybridized carbons (Fsp3) is 0.154. The number of fused-ring (bicyclic) bond motifs is 2. The lowest BCUT2D eigenvalue weighted by molar-refractivity contribution is 0.274. The Morgan fingerprint density at radius 3 is 1.42 bits per heavy atom. The van der Waals surface area contributed by atoms with Crippen molar-refractivity contribution in [2.75, 3.05) is 0 Å². The molecule has 2 aromatic heterocycles. The minimum atomic E-state index is -0.870. The van der Waals surface area contributed by atoms with Crippen LogP contribution in [-0.2, 0) is 35.4 Å². The number of aromatic nitrogens is 2. The molecular weight excluding hydrogens is 464 g/mol. The van der Waals surface area contributed by atoms with Crippen molar-refractivity contribution in [3.05, 3.63) is 119 Å². The number of nitrogens with zero attached hydrogens (tertiary/aromatic N) is 2. The van der Waals surface area contributed by atoms with Crippen LogP contribution in [0.4, 0.5) is 8.78 Å². The van der Waals surface area contributed by atoms with Gasteiger partial charge in [-0.3, -0.25) is 9.97 Å². The third kappa shape index (κ3) is 7.05. The number of aryl methyl sites for hydroxylation is 2. The summed E-state index contributed by atoms with van der Waals surface area (Å²) in [5.74, 6) is -0.581. The number of rotatable bonds is 3. The van der Waals surface area contributed by atoms with E-state index in [2.05, 4.69) is 34.2 Å². The Balaban J connectivity index is 0.000000128. The third-order valence-corrected chi connectivity index (χ3v) is 5.74. The second-order valence-electron chi connectivity index (χ2n) is 8.22. The lowest BCUT2D eigenvalue weighted by Gasteiger charge is -2.00. The first kappa shape index (κ1) is 25.7. The molecule has 2 aliphatic heterocycles. The first-order valence-electron chi connectivity index (χ1n) is 11.4. The van der Waals surface area contributed by atoms with Crippen LogP contribution in [0.1, 0.15) is 22.3 Å². The molecule has 0 saturated carbocycles. The van der Waals surface area contributed by atoms with Gasteiger partial charge < -0.3 is 19.4 Å². The third-order valence-electron chi connectivity index (χ3n) is 5.74. The van der Waals surface area contributed by atoms with E-state index in [1.165, 1.54) is 35.4 Å². The molecule has 6 rings (SSSR count). The van der Waals surface area contributed by atoms with Gasteiger partial charge in [-0.2, -0.15) is 0 Å². The van der Waals surface area contributed by atoms with E-state index in [4.69, 9.17) is 19.4 Å². The number of benzene rings is 2. The molecule has 0 saturated heterocycles. The van der Waals surface area contributed by atoms with E-state index in [0.29, 0.717) is 24.1 Å². The largest absolute Gasteiger partial charge is 0.491 e. The fourth-order valence-electron chi connectivity index (χ4n) is 3.79. The van der Waals surface area contributed by atoms with Crippen LogP contribution in [0.25, 0.3) is 0 Å². The highest BCUT2D eigenvalue weighted by Gasteiger charge is 2.27. The first-order chi connectivity index (χ1) is 17.5. The molecule has 182 valence electrons. The summed E-state index contributed by atoms with van der Waals surface area (Å²) in [6, 6.07) is 16.7. The van der Waals surface area contributed by atoms with Gasteiger partial charge in [0.05, 0.1) is 13.2 Å². The Labute approximate surface area is 208 Å². The Morgan fingerprint density at radius 2 is 1.03 bits per heavy atom. The first-order valence-corrected chi connectivity index (χ1v) is 11.4. The quantitative estimate of drug-likeness (QED) is 0.431. The van der Waals surface area contributed by atoms with Gasteiger partial charge in [-0.15, -0.1) is 0 Å². The van der Waals surface area contributed by atoms with E-state index in [-0.39, 0.29) is 11.6 Å². The SMILES string of the molecule is OB1OCc2cc(F)ccc21.OB1OCc2cc(F)ccc21.c1cc(CCc2ccncc2)ccn1. The number of pyridine rings is 2. The number of halogens is 2. The van der Waals surface area contributed by atoms with Crippen molar-refractivity contribution in [2.24, 2.45) is 0 Å². The topological polar surface area (TPSA) is 84.7 Å². The molecule has 0 bridgehead atoms. The summed E-state index contributed by atoms with van der Waals surface area (Å²) >= 11 is 0. The molecule has 2 aliphatic rings. The van der Waals surface area contributed by atoms with Gasteiger partial charge >= 0.3 is 14.2 Å². The average Bonchev–Trinajstić information content (AvgIpc) is 3.46. The van der Waals surface area contributed by atoms with E-state index < -0.39 is 14.2 Å². The van der Waals surface area contributed by atoms with Gasteiger partial charge in [0.15, 0.2) is 0 Å². The monoisotopic (exact) mass is 488 g/mol. The van der Waals surface area contributed by atoms with Crippen LogP contribution in [0.3, 0.4) is 0 Å². The highest BCUT2D eigenvalue weighted by atomic mass is 19.1. The Hall–Kier alpha value is -3.43. The highest BCUT2D eigenvalue weighted by Crippen LogP contribution is 2.11. The Morgan fingerprint density at radius 1 is 0.639 bits per heavy atom. The Bertz CT molecular complexity index is 1170. The van der Waals surface area contributed by atoms with Gasteiger partial charge in [-0.1, -0.05) is 12.1 Å². The standard InChI is InChI=1S/C12H12N2.2C7H6BFO2/c1(11-3-7-13-8-4-11)2-12-5-9-14-10-6-12;2*9-6-1-2-7-5(3-6)4-11-8(7)10/h3-10H,1-2H2;2*1-3,10H,4H2. The molecule has 0 aliphatic carbocycles. The summed E-state index contributed by atoms with van der Waals surface area (Å²) < 4.78 is 34.8. The Kier molecular flexibility index (Phi) is 8.91. The average molecular weight is 488 g/mol. The van der Waals surface area contributed by atoms with Gasteiger partial charge in [0.1, 0.15) is 11.6 Å². The van der Waals surface area contributed by atoms with E-state index in [1.54, 1.807) is 12.1 Å². The molecule has 2 N–H and O–H groups in total. The zero-order valence-corrected chi connectivity index (χ0v) is 19.4. The molecule has 0 fully saturated rings. The van der Waals surface area contributed by atoms with Crippen molar-refractivity contribution in [3.63, 3.8) is 0 Å². The summed E-state index contributed by atoms with van der Waals surface area (Å²) in [6.07, 6.45) is 9.46. The summed E-state index contributed by atoms with van der Waals surface area (Å²) in [4.78, 5) is 7.98. The smallest absolute Gasteiger partial charge is 0.423 e. The number of hydrogen-bond donors (Lipinski definition) is 2. The van der Waals surface area contributed by atoms with Gasteiger partial charge in [0.2, 0.25) is 0 Å². The van der Waals surface area contributed by atoms with Crippen molar-refractivity contribution >= 4 is 25.2 Å². The van der Waals surface area contributed by atoms with Crippen LogP contribution in [0.2, 0.25) is 0 Å². The molecule has 4 heterocycles. The van der Waals surface area contributed by atoms with Gasteiger partial charge in [-0.05, 0) is 94.6 Å². The van der Waals surface area contributed by atoms with Crippen LogP contribution in [0, 0.1) is 11.6 Å². The van der Waals surface area contributed by atoms with Crippen molar-refractivity contribution in [1.82, 2.24) is 9.97 Å². The van der Waals surface area contributed by atoms with Crippen LogP contribution in [0.15, 0.2) is 85.5 Å². The van der Waals surface area contributed by atoms with Crippen LogP contribution in [0.5, 0.6) is 0 Å². The minimum absolute atomic E-state index is 0.290. The fourth-order valence-corrected chi connectivity index (χ4v) is 3.79. The second-order valence-corrected chi connectivity index (χ2v) is 8.22. The zero-order chi connectivity index (χ0) is 25.3. The predicted molar refractivity (Wildman–Crippen MR) is 133 cm³/mol. The summed E-state index contributed by atoms with van der Waals surface area (Å²) in [7, 11) is -1.74. The van der Waals surface area contributed by atoms with Gasteiger partial charge in [0.25, 0.3) is 0 Å². The molecule has 36 heavy (non-hydrogen) atoms. The van der Waals surface area contributed by atoms with Crippen LogP contribution in [-0.4, -0.2) is 34.3 Å². The minimum Gasteiger partial charge on any atom is -0.423 e. The zero-order valence-electron chi connectivity index (χ0n) is 19.4. The second kappa shape index (κ2) is 12.5.